The van der Waals surface area contributed by atoms with E-state index in [1.807, 2.05) is 12.3 Å². The smallest absolute Gasteiger partial charge is 0.399 e. The molecule has 0 saturated carbocycles. The molecule has 164 valence electrons. The number of hydrogen-bond acceptors (Lipinski definition) is 7. The fourth-order valence-corrected chi connectivity index (χ4v) is 4.33. The predicted molar refractivity (Wildman–Crippen MR) is 122 cm³/mol. The third-order valence-corrected chi connectivity index (χ3v) is 7.01. The molecule has 0 N–H and O–H groups in total. The molecule has 0 aliphatic carbocycles. The average Bonchev–Trinajstić information content (AvgIpc) is 3.00. The largest absolute Gasteiger partial charge is 0.494 e. The Labute approximate surface area is 184 Å². The molecule has 0 atom stereocenters. The molecule has 31 heavy (non-hydrogen) atoms. The van der Waals surface area contributed by atoms with Crippen molar-refractivity contribution >= 4 is 24.3 Å². The van der Waals surface area contributed by atoms with Crippen molar-refractivity contribution in [3.8, 4) is 0 Å². The molecule has 3 aliphatic rings. The number of anilines is 2. The maximum absolute atomic E-state index is 6.24. The molecule has 0 bridgehead atoms. The molecule has 1 aromatic carbocycles. The summed E-state index contributed by atoms with van der Waals surface area (Å²) < 4.78 is 17.9. The van der Waals surface area contributed by atoms with Gasteiger partial charge in [0.05, 0.1) is 24.4 Å². The molecule has 5 rings (SSSR count). The summed E-state index contributed by atoms with van der Waals surface area (Å²) in [5.74, 6) is 1.78. The zero-order valence-electron chi connectivity index (χ0n) is 18.9. The minimum atomic E-state index is -0.326. The molecule has 2 aromatic rings. The van der Waals surface area contributed by atoms with Gasteiger partial charge in [0.1, 0.15) is 5.82 Å². The van der Waals surface area contributed by atoms with Crippen LogP contribution in [0.25, 0.3) is 0 Å². The second-order valence-corrected chi connectivity index (χ2v) is 9.60. The van der Waals surface area contributed by atoms with Gasteiger partial charge in [-0.2, -0.15) is 4.98 Å². The van der Waals surface area contributed by atoms with E-state index in [4.69, 9.17) is 19.0 Å². The fraction of sp³-hybridized carbons (Fsp3) is 0.565. The van der Waals surface area contributed by atoms with Crippen molar-refractivity contribution < 1.29 is 14.0 Å². The van der Waals surface area contributed by atoms with Gasteiger partial charge in [-0.05, 0) is 56.8 Å². The summed E-state index contributed by atoms with van der Waals surface area (Å²) >= 11 is 0. The van der Waals surface area contributed by atoms with Gasteiger partial charge in [0.2, 0.25) is 5.95 Å². The Kier molecular flexibility index (Phi) is 5.19. The highest BCUT2D eigenvalue weighted by Crippen LogP contribution is 2.36. The Morgan fingerprint density at radius 2 is 1.65 bits per heavy atom. The van der Waals surface area contributed by atoms with Gasteiger partial charge >= 0.3 is 7.12 Å². The van der Waals surface area contributed by atoms with Gasteiger partial charge in [-0.1, -0.05) is 18.2 Å². The molecule has 0 radical (unpaired) electrons. The lowest BCUT2D eigenvalue weighted by Gasteiger charge is -2.32. The standard InChI is InChI=1S/C23H31BN4O3/c1-22(2)23(3,4)31-24(30-22)19-6-5-18-16-28(10-8-17(18)15-19)21-25-9-7-20(26-21)27-11-13-29-14-12-27/h5-7,9,15H,8,10-14,16H2,1-4H3. The minimum absolute atomic E-state index is 0.318. The summed E-state index contributed by atoms with van der Waals surface area (Å²) in [6, 6.07) is 8.58. The van der Waals surface area contributed by atoms with Crippen LogP contribution in [-0.4, -0.2) is 61.1 Å². The summed E-state index contributed by atoms with van der Waals surface area (Å²) in [5.41, 5.74) is 3.11. The van der Waals surface area contributed by atoms with Gasteiger partial charge in [0.15, 0.2) is 0 Å². The minimum Gasteiger partial charge on any atom is -0.399 e. The van der Waals surface area contributed by atoms with E-state index in [-0.39, 0.29) is 18.3 Å². The molecule has 0 unspecified atom stereocenters. The number of hydrogen-bond donors (Lipinski definition) is 0. The van der Waals surface area contributed by atoms with E-state index >= 15 is 0 Å². The Morgan fingerprint density at radius 3 is 2.39 bits per heavy atom. The van der Waals surface area contributed by atoms with Crippen LogP contribution in [0.1, 0.15) is 38.8 Å². The first-order valence-corrected chi connectivity index (χ1v) is 11.2. The molecular weight excluding hydrogens is 391 g/mol. The molecule has 3 aliphatic heterocycles. The van der Waals surface area contributed by atoms with Crippen LogP contribution in [0.3, 0.4) is 0 Å². The van der Waals surface area contributed by atoms with E-state index in [1.165, 1.54) is 11.1 Å². The molecule has 8 heteroatoms. The first-order valence-electron chi connectivity index (χ1n) is 11.2. The van der Waals surface area contributed by atoms with Crippen molar-refractivity contribution in [2.75, 3.05) is 42.6 Å². The van der Waals surface area contributed by atoms with Crippen LogP contribution in [0, 0.1) is 0 Å². The number of ether oxygens (including phenoxy) is 1. The second kappa shape index (κ2) is 7.76. The average molecular weight is 422 g/mol. The van der Waals surface area contributed by atoms with Crippen molar-refractivity contribution in [3.63, 3.8) is 0 Å². The predicted octanol–water partition coefficient (Wildman–Crippen LogP) is 2.18. The third-order valence-electron chi connectivity index (χ3n) is 7.01. The normalized spacial score (nSPS) is 22.5. The topological polar surface area (TPSA) is 60.0 Å². The van der Waals surface area contributed by atoms with Crippen molar-refractivity contribution in [2.24, 2.45) is 0 Å². The number of aromatic nitrogens is 2. The van der Waals surface area contributed by atoms with Gasteiger partial charge in [0.25, 0.3) is 0 Å². The molecule has 7 nitrogen and oxygen atoms in total. The maximum Gasteiger partial charge on any atom is 0.494 e. The molecule has 1 aromatic heterocycles. The van der Waals surface area contributed by atoms with Crippen molar-refractivity contribution in [1.29, 1.82) is 0 Å². The number of morpholine rings is 1. The Balaban J connectivity index is 1.32. The summed E-state index contributed by atoms with van der Waals surface area (Å²) in [6.07, 6.45) is 2.82. The van der Waals surface area contributed by atoms with Gasteiger partial charge in [-0.15, -0.1) is 0 Å². The number of nitrogens with zero attached hydrogens (tertiary/aromatic N) is 4. The van der Waals surface area contributed by atoms with Crippen LogP contribution < -0.4 is 15.3 Å². The van der Waals surface area contributed by atoms with Crippen molar-refractivity contribution in [2.45, 2.75) is 51.9 Å². The molecule has 2 saturated heterocycles. The van der Waals surface area contributed by atoms with Crippen LogP contribution in [0.5, 0.6) is 0 Å². The van der Waals surface area contributed by atoms with Crippen LogP contribution in [0.4, 0.5) is 11.8 Å². The van der Waals surface area contributed by atoms with E-state index < -0.39 is 0 Å². The van der Waals surface area contributed by atoms with Crippen LogP contribution >= 0.6 is 0 Å². The molecule has 4 heterocycles. The van der Waals surface area contributed by atoms with E-state index in [2.05, 4.69) is 60.7 Å². The lowest BCUT2D eigenvalue weighted by atomic mass is 9.77. The first-order chi connectivity index (χ1) is 14.8. The van der Waals surface area contributed by atoms with Crippen LogP contribution in [0.2, 0.25) is 0 Å². The highest BCUT2D eigenvalue weighted by molar-refractivity contribution is 6.62. The summed E-state index contributed by atoms with van der Waals surface area (Å²) in [6.45, 7) is 13.3. The van der Waals surface area contributed by atoms with Crippen LogP contribution in [-0.2, 0) is 27.0 Å². The molecule has 0 amide bonds. The van der Waals surface area contributed by atoms with E-state index in [9.17, 15) is 0 Å². The maximum atomic E-state index is 6.24. The van der Waals surface area contributed by atoms with Gasteiger partial charge < -0.3 is 23.8 Å². The highest BCUT2D eigenvalue weighted by Gasteiger charge is 2.51. The van der Waals surface area contributed by atoms with E-state index in [1.54, 1.807) is 0 Å². The van der Waals surface area contributed by atoms with Gasteiger partial charge in [-0.25, -0.2) is 4.98 Å². The second-order valence-electron chi connectivity index (χ2n) is 9.60. The monoisotopic (exact) mass is 422 g/mol. The lowest BCUT2D eigenvalue weighted by molar-refractivity contribution is 0.00578. The zero-order chi connectivity index (χ0) is 21.6. The molecule has 2 fully saturated rings. The fourth-order valence-electron chi connectivity index (χ4n) is 4.33. The Bertz CT molecular complexity index is 946. The SMILES string of the molecule is CC1(C)OB(c2ccc3c(c2)CCN(c2nccc(N4CCOCC4)n2)C3)OC1(C)C. The number of fused-ring (bicyclic) bond motifs is 1. The molecular formula is C23H31BN4O3. The van der Waals surface area contributed by atoms with Crippen molar-refractivity contribution in [1.82, 2.24) is 9.97 Å². The summed E-state index contributed by atoms with van der Waals surface area (Å²) in [7, 11) is -0.318. The zero-order valence-corrected chi connectivity index (χ0v) is 18.9. The lowest BCUT2D eigenvalue weighted by Crippen LogP contribution is -2.41. The van der Waals surface area contributed by atoms with Gasteiger partial charge in [-0.3, -0.25) is 0 Å². The number of benzene rings is 1. The van der Waals surface area contributed by atoms with Crippen LogP contribution in [0.15, 0.2) is 30.5 Å². The highest BCUT2D eigenvalue weighted by atomic mass is 16.7. The molecule has 0 spiro atoms. The van der Waals surface area contributed by atoms with Gasteiger partial charge in [0, 0.05) is 32.4 Å². The summed E-state index contributed by atoms with van der Waals surface area (Å²) in [5, 5.41) is 0. The summed E-state index contributed by atoms with van der Waals surface area (Å²) in [4.78, 5) is 13.9. The quantitative estimate of drug-likeness (QED) is 0.703. The first kappa shape index (κ1) is 20.7. The Hall–Kier alpha value is -2.16. The Morgan fingerprint density at radius 1 is 0.903 bits per heavy atom. The third kappa shape index (κ3) is 3.92. The van der Waals surface area contributed by atoms with E-state index in [0.717, 1.165) is 63.0 Å². The van der Waals surface area contributed by atoms with E-state index in [0.29, 0.717) is 0 Å². The van der Waals surface area contributed by atoms with Crippen molar-refractivity contribution in [3.05, 3.63) is 41.6 Å². The number of rotatable bonds is 3.